The molecule has 8 nitrogen and oxygen atoms in total. The van der Waals surface area contributed by atoms with Gasteiger partial charge in [0.25, 0.3) is 5.56 Å². The van der Waals surface area contributed by atoms with Crippen molar-refractivity contribution in [3.63, 3.8) is 0 Å². The Kier molecular flexibility index (Phi) is 7.64. The highest BCUT2D eigenvalue weighted by Gasteiger charge is 2.50. The van der Waals surface area contributed by atoms with Crippen LogP contribution in [0.1, 0.15) is 38.2 Å². The van der Waals surface area contributed by atoms with Crippen molar-refractivity contribution in [1.29, 1.82) is 0 Å². The molecule has 0 aliphatic carbocycles. The van der Waals surface area contributed by atoms with Crippen LogP contribution in [0.2, 0.25) is 18.6 Å². The smallest absolute Gasteiger partial charge is 0.279 e. The first kappa shape index (κ1) is 26.9. The molecule has 0 saturated carbocycles. The molecule has 38 heavy (non-hydrogen) atoms. The predicted molar refractivity (Wildman–Crippen MR) is 150 cm³/mol. The number of carbonyl (C=O) groups is 1. The molecule has 2 aliphatic rings. The number of aryl methyl sites for hydroxylation is 1. The Balaban J connectivity index is 1.25. The summed E-state index contributed by atoms with van der Waals surface area (Å²) in [7, 11) is -2.58. The third-order valence-electron chi connectivity index (χ3n) is 8.51. The van der Waals surface area contributed by atoms with Crippen LogP contribution in [0.4, 0.5) is 0 Å². The van der Waals surface area contributed by atoms with Gasteiger partial charge in [0.2, 0.25) is 5.91 Å². The molecule has 3 aromatic rings. The lowest BCUT2D eigenvalue weighted by Crippen LogP contribution is -2.43. The maximum Gasteiger partial charge on any atom is 0.279 e. The monoisotopic (exact) mass is 537 g/mol. The predicted octanol–water partition coefficient (Wildman–Crippen LogP) is 3.60. The lowest BCUT2D eigenvalue weighted by molar-refractivity contribution is -0.135. The molecule has 1 aromatic heterocycles. The molecular formula is C29H39N3O5Si. The Morgan fingerprint density at radius 2 is 1.87 bits per heavy atom. The minimum Gasteiger partial charge on any atom is -0.432 e. The van der Waals surface area contributed by atoms with E-state index >= 15 is 0 Å². The van der Waals surface area contributed by atoms with Crippen LogP contribution in [0.15, 0.2) is 53.3 Å². The first-order valence-corrected chi connectivity index (χ1v) is 16.8. The van der Waals surface area contributed by atoms with E-state index in [4.69, 9.17) is 4.74 Å². The van der Waals surface area contributed by atoms with E-state index in [1.165, 1.54) is 0 Å². The number of nitrogens with zero attached hydrogens (tertiary/aromatic N) is 2. The fourth-order valence-electron chi connectivity index (χ4n) is 6.61. The minimum atomic E-state index is -2.58. The number of H-pyrrole nitrogens is 1. The maximum absolute atomic E-state index is 13.1. The molecule has 3 heterocycles. The second kappa shape index (κ2) is 10.8. The number of rotatable bonds is 8. The van der Waals surface area contributed by atoms with Crippen LogP contribution in [0.3, 0.4) is 0 Å². The van der Waals surface area contributed by atoms with Gasteiger partial charge in [-0.25, -0.2) is 4.68 Å². The van der Waals surface area contributed by atoms with Crippen LogP contribution in [0.5, 0.6) is 0 Å². The fourth-order valence-corrected chi connectivity index (χ4v) is 9.22. The maximum atomic E-state index is 13.1. The average molecular weight is 538 g/mol. The molecule has 0 spiro atoms. The SMILES string of the molecule is C[C@H]1[C@H]([Si](C)(C)O)[C@@H](CC(=O)N2CCC[C@H]2CO)O[C@H]1CCc1ccc(-n2[nH]c3ccccc3c2=O)cc1. The van der Waals surface area contributed by atoms with E-state index < -0.39 is 8.32 Å². The van der Waals surface area contributed by atoms with Crippen molar-refractivity contribution in [2.24, 2.45) is 5.92 Å². The van der Waals surface area contributed by atoms with Crippen LogP contribution < -0.4 is 5.56 Å². The van der Waals surface area contributed by atoms with E-state index in [1.807, 2.05) is 61.6 Å². The Labute approximate surface area is 224 Å². The highest BCUT2D eigenvalue weighted by Crippen LogP contribution is 2.45. The van der Waals surface area contributed by atoms with Crippen LogP contribution in [0.25, 0.3) is 16.6 Å². The van der Waals surface area contributed by atoms with E-state index in [0.717, 1.165) is 42.5 Å². The third kappa shape index (κ3) is 5.25. The number of aromatic amines is 1. The number of aliphatic hydroxyl groups excluding tert-OH is 1. The lowest BCUT2D eigenvalue weighted by Gasteiger charge is -2.31. The van der Waals surface area contributed by atoms with Crippen molar-refractivity contribution in [3.8, 4) is 5.69 Å². The Hall–Kier alpha value is -2.72. The molecule has 3 N–H and O–H groups in total. The molecule has 1 amide bonds. The summed E-state index contributed by atoms with van der Waals surface area (Å²) in [6.45, 7) is 6.69. The highest BCUT2D eigenvalue weighted by molar-refractivity contribution is 6.71. The molecule has 0 bridgehead atoms. The van der Waals surface area contributed by atoms with Crippen LogP contribution in [-0.4, -0.2) is 70.2 Å². The standard InChI is InChI=1S/C29H39N3O5Si/c1-19-25(37-26(28(19)38(2,3)36)17-27(34)31-16-6-7-22(31)18-33)15-12-20-10-13-21(14-11-20)32-29(35)23-8-4-5-9-24(23)30-32/h4-5,8-11,13-14,19,22,25-26,28,30,33,36H,6-7,12,15-18H2,1-3H3/t19-,22+,25+,26-,28+/m1/s1. The molecule has 204 valence electrons. The van der Waals surface area contributed by atoms with Gasteiger partial charge in [0.1, 0.15) is 0 Å². The number of hydrogen-bond donors (Lipinski definition) is 3. The van der Waals surface area contributed by atoms with Gasteiger partial charge in [-0.15, -0.1) is 0 Å². The van der Waals surface area contributed by atoms with Gasteiger partial charge >= 0.3 is 0 Å². The van der Waals surface area contributed by atoms with Crippen molar-refractivity contribution in [2.45, 2.75) is 75.9 Å². The van der Waals surface area contributed by atoms with E-state index in [0.29, 0.717) is 11.9 Å². The van der Waals surface area contributed by atoms with E-state index in [2.05, 4.69) is 12.0 Å². The summed E-state index contributed by atoms with van der Waals surface area (Å²) in [6, 6.07) is 15.4. The molecule has 2 saturated heterocycles. The summed E-state index contributed by atoms with van der Waals surface area (Å²) in [5, 5.41) is 13.5. The first-order valence-electron chi connectivity index (χ1n) is 13.7. The van der Waals surface area contributed by atoms with Gasteiger partial charge in [-0.3, -0.25) is 14.7 Å². The zero-order valence-electron chi connectivity index (χ0n) is 22.5. The summed E-state index contributed by atoms with van der Waals surface area (Å²) >= 11 is 0. The molecular weight excluding hydrogens is 498 g/mol. The van der Waals surface area contributed by atoms with Gasteiger partial charge in [0, 0.05) is 12.1 Å². The van der Waals surface area contributed by atoms with Gasteiger partial charge < -0.3 is 19.5 Å². The number of fused-ring (bicyclic) bond motifs is 1. The third-order valence-corrected chi connectivity index (χ3v) is 11.0. The second-order valence-electron chi connectivity index (χ2n) is 11.5. The number of nitrogens with one attached hydrogen (secondary N) is 1. The number of amides is 1. The molecule has 0 unspecified atom stereocenters. The largest absolute Gasteiger partial charge is 0.432 e. The van der Waals surface area contributed by atoms with Gasteiger partial charge in [-0.1, -0.05) is 31.2 Å². The molecule has 5 atom stereocenters. The van der Waals surface area contributed by atoms with Crippen molar-refractivity contribution in [3.05, 3.63) is 64.4 Å². The van der Waals surface area contributed by atoms with Gasteiger partial charge in [-0.2, -0.15) is 0 Å². The van der Waals surface area contributed by atoms with Crippen LogP contribution in [-0.2, 0) is 16.0 Å². The summed E-state index contributed by atoms with van der Waals surface area (Å²) in [6.07, 6.45) is 3.26. The number of benzene rings is 2. The van der Waals surface area contributed by atoms with Crippen molar-refractivity contribution in [1.82, 2.24) is 14.7 Å². The molecule has 0 radical (unpaired) electrons. The molecule has 2 aromatic carbocycles. The summed E-state index contributed by atoms with van der Waals surface area (Å²) in [5.41, 5.74) is 2.65. The lowest BCUT2D eigenvalue weighted by atomic mass is 9.95. The number of ether oxygens (including phenoxy) is 1. The van der Waals surface area contributed by atoms with E-state index in [1.54, 1.807) is 9.58 Å². The number of carbonyl (C=O) groups excluding carboxylic acids is 1. The molecule has 2 fully saturated rings. The minimum absolute atomic E-state index is 0.00628. The van der Waals surface area contributed by atoms with E-state index in [-0.39, 0.29) is 54.2 Å². The zero-order valence-corrected chi connectivity index (χ0v) is 23.5. The second-order valence-corrected chi connectivity index (χ2v) is 15.5. The van der Waals surface area contributed by atoms with Crippen LogP contribution in [0, 0.1) is 5.92 Å². The zero-order chi connectivity index (χ0) is 27.0. The van der Waals surface area contributed by atoms with E-state index in [9.17, 15) is 19.5 Å². The number of para-hydroxylation sites is 1. The number of likely N-dealkylation sites (tertiary alicyclic amines) is 1. The van der Waals surface area contributed by atoms with Gasteiger partial charge in [0.15, 0.2) is 8.32 Å². The Morgan fingerprint density at radius 1 is 1.13 bits per heavy atom. The topological polar surface area (TPSA) is 108 Å². The molecule has 5 rings (SSSR count). The Bertz CT molecular complexity index is 1330. The van der Waals surface area contributed by atoms with Crippen LogP contribution >= 0.6 is 0 Å². The first-order chi connectivity index (χ1) is 18.2. The summed E-state index contributed by atoms with van der Waals surface area (Å²) < 4.78 is 8.06. The quantitative estimate of drug-likeness (QED) is 0.381. The average Bonchev–Trinajstić information content (AvgIpc) is 3.59. The highest BCUT2D eigenvalue weighted by atomic mass is 28.4. The van der Waals surface area contributed by atoms with Crippen molar-refractivity contribution in [2.75, 3.05) is 13.2 Å². The summed E-state index contributed by atoms with van der Waals surface area (Å²) in [5.74, 6) is 0.168. The Morgan fingerprint density at radius 3 is 2.55 bits per heavy atom. The normalized spacial score (nSPS) is 25.9. The molecule has 2 aliphatic heterocycles. The van der Waals surface area contributed by atoms with Crippen molar-refractivity contribution < 1.29 is 19.4 Å². The number of aromatic nitrogens is 2. The fraction of sp³-hybridized carbons (Fsp3) is 0.517. The molecule has 9 heteroatoms. The summed E-state index contributed by atoms with van der Waals surface area (Å²) in [4.78, 5) is 38.8. The van der Waals surface area contributed by atoms with Gasteiger partial charge in [-0.05, 0) is 74.5 Å². The van der Waals surface area contributed by atoms with Crippen molar-refractivity contribution >= 4 is 25.1 Å². The number of aliphatic hydroxyl groups is 1. The number of hydrogen-bond acceptors (Lipinski definition) is 5. The van der Waals surface area contributed by atoms with Gasteiger partial charge in [0.05, 0.1) is 47.9 Å².